The number of para-hydroxylation sites is 3. The Morgan fingerprint density at radius 2 is 1.82 bits per heavy atom. The van der Waals surface area contributed by atoms with Crippen LogP contribution < -0.4 is 19.5 Å². The third kappa shape index (κ3) is 3.49. The van der Waals surface area contributed by atoms with Gasteiger partial charge in [0.25, 0.3) is 5.91 Å². The lowest BCUT2D eigenvalue weighted by atomic mass is 10.2. The van der Waals surface area contributed by atoms with E-state index < -0.39 is 6.10 Å². The number of carbonyl (C=O) groups excluding carboxylic acids is 1. The quantitative estimate of drug-likeness (QED) is 0.858. The minimum Gasteiger partial charge on any atom is -0.492 e. The molecule has 0 spiro atoms. The fourth-order valence-corrected chi connectivity index (χ4v) is 2.12. The number of benzene rings is 2. The summed E-state index contributed by atoms with van der Waals surface area (Å²) < 4.78 is 16.7. The van der Waals surface area contributed by atoms with Gasteiger partial charge < -0.3 is 19.5 Å². The molecule has 1 aliphatic heterocycles. The van der Waals surface area contributed by atoms with Gasteiger partial charge in [-0.2, -0.15) is 0 Å². The van der Waals surface area contributed by atoms with Gasteiger partial charge in [-0.05, 0) is 24.3 Å². The Kier molecular flexibility index (Phi) is 4.44. The Morgan fingerprint density at radius 3 is 2.64 bits per heavy atom. The zero-order valence-corrected chi connectivity index (χ0v) is 12.0. The van der Waals surface area contributed by atoms with Crippen molar-refractivity contribution in [2.45, 2.75) is 6.10 Å². The number of hydrogen-bond acceptors (Lipinski definition) is 4. The molecule has 3 rings (SSSR count). The number of rotatable bonds is 5. The Labute approximate surface area is 128 Å². The largest absolute Gasteiger partial charge is 0.492 e. The highest BCUT2D eigenvalue weighted by molar-refractivity contribution is 5.81. The van der Waals surface area contributed by atoms with Gasteiger partial charge >= 0.3 is 0 Å². The van der Waals surface area contributed by atoms with Crippen LogP contribution in [0.5, 0.6) is 17.2 Å². The van der Waals surface area contributed by atoms with Crippen LogP contribution in [0.3, 0.4) is 0 Å². The molecule has 1 amide bonds. The van der Waals surface area contributed by atoms with E-state index in [1.165, 1.54) is 0 Å². The monoisotopic (exact) mass is 299 g/mol. The standard InChI is InChI=1S/C17H17NO4/c19-17(18-10-11-20-13-6-2-1-3-7-13)16-12-21-14-8-4-5-9-15(14)22-16/h1-9,16H,10-12H2,(H,18,19). The van der Waals surface area contributed by atoms with E-state index >= 15 is 0 Å². The molecule has 1 aliphatic rings. The van der Waals surface area contributed by atoms with E-state index in [9.17, 15) is 4.79 Å². The third-order valence-electron chi connectivity index (χ3n) is 3.21. The second-order valence-corrected chi connectivity index (χ2v) is 4.82. The molecule has 5 heteroatoms. The van der Waals surface area contributed by atoms with Gasteiger partial charge in [0.2, 0.25) is 6.10 Å². The van der Waals surface area contributed by atoms with E-state index in [-0.39, 0.29) is 12.5 Å². The van der Waals surface area contributed by atoms with Crippen LogP contribution in [0.2, 0.25) is 0 Å². The summed E-state index contributed by atoms with van der Waals surface area (Å²) in [5.74, 6) is 1.84. The maximum Gasteiger partial charge on any atom is 0.264 e. The van der Waals surface area contributed by atoms with E-state index in [0.29, 0.717) is 24.7 Å². The lowest BCUT2D eigenvalue weighted by Crippen LogP contribution is -2.45. The molecule has 1 unspecified atom stereocenters. The molecule has 0 fully saturated rings. The van der Waals surface area contributed by atoms with Crippen molar-refractivity contribution < 1.29 is 19.0 Å². The van der Waals surface area contributed by atoms with E-state index in [2.05, 4.69) is 5.32 Å². The number of ether oxygens (including phenoxy) is 3. The summed E-state index contributed by atoms with van der Waals surface area (Å²) in [4.78, 5) is 12.0. The third-order valence-corrected chi connectivity index (χ3v) is 3.21. The van der Waals surface area contributed by atoms with Gasteiger partial charge in [-0.25, -0.2) is 0 Å². The molecule has 0 saturated carbocycles. The minimum atomic E-state index is -0.633. The molecule has 114 valence electrons. The van der Waals surface area contributed by atoms with Crippen LogP contribution >= 0.6 is 0 Å². The first-order valence-electron chi connectivity index (χ1n) is 7.17. The summed E-state index contributed by atoms with van der Waals surface area (Å²) in [5.41, 5.74) is 0. The average Bonchev–Trinajstić information content (AvgIpc) is 2.59. The molecule has 0 aromatic heterocycles. The van der Waals surface area contributed by atoms with Gasteiger partial charge in [-0.15, -0.1) is 0 Å². The Morgan fingerprint density at radius 1 is 1.09 bits per heavy atom. The second kappa shape index (κ2) is 6.85. The van der Waals surface area contributed by atoms with Gasteiger partial charge in [0.1, 0.15) is 19.0 Å². The van der Waals surface area contributed by atoms with Crippen LogP contribution in [0, 0.1) is 0 Å². The fourth-order valence-electron chi connectivity index (χ4n) is 2.12. The molecule has 0 bridgehead atoms. The number of amides is 1. The van der Waals surface area contributed by atoms with Gasteiger partial charge in [0.15, 0.2) is 11.5 Å². The fraction of sp³-hybridized carbons (Fsp3) is 0.235. The van der Waals surface area contributed by atoms with Crippen molar-refractivity contribution in [1.29, 1.82) is 0 Å². The number of fused-ring (bicyclic) bond motifs is 1. The van der Waals surface area contributed by atoms with Crippen molar-refractivity contribution in [2.75, 3.05) is 19.8 Å². The number of carbonyl (C=O) groups is 1. The van der Waals surface area contributed by atoms with Crippen LogP contribution in [-0.4, -0.2) is 31.8 Å². The average molecular weight is 299 g/mol. The first-order valence-corrected chi connectivity index (χ1v) is 7.17. The summed E-state index contributed by atoms with van der Waals surface area (Å²) in [6.07, 6.45) is -0.633. The van der Waals surface area contributed by atoms with Crippen LogP contribution in [-0.2, 0) is 4.79 Å². The van der Waals surface area contributed by atoms with E-state index in [0.717, 1.165) is 5.75 Å². The predicted octanol–water partition coefficient (Wildman–Crippen LogP) is 2.02. The topological polar surface area (TPSA) is 56.8 Å². The van der Waals surface area contributed by atoms with Crippen molar-refractivity contribution in [3.8, 4) is 17.2 Å². The van der Waals surface area contributed by atoms with Gasteiger partial charge in [0, 0.05) is 0 Å². The van der Waals surface area contributed by atoms with Crippen LogP contribution in [0.4, 0.5) is 0 Å². The minimum absolute atomic E-state index is 0.203. The van der Waals surface area contributed by atoms with Crippen molar-refractivity contribution in [2.24, 2.45) is 0 Å². The summed E-state index contributed by atoms with van der Waals surface area (Å²) in [6, 6.07) is 16.8. The Hall–Kier alpha value is -2.69. The van der Waals surface area contributed by atoms with Crippen molar-refractivity contribution in [3.05, 3.63) is 54.6 Å². The molecule has 0 radical (unpaired) electrons. The normalized spacial score (nSPS) is 15.9. The smallest absolute Gasteiger partial charge is 0.264 e. The van der Waals surface area contributed by atoms with E-state index in [1.807, 2.05) is 48.5 Å². The van der Waals surface area contributed by atoms with Gasteiger partial charge in [-0.3, -0.25) is 4.79 Å². The maximum absolute atomic E-state index is 12.0. The molecular formula is C17H17NO4. The molecular weight excluding hydrogens is 282 g/mol. The van der Waals surface area contributed by atoms with Crippen molar-refractivity contribution in [1.82, 2.24) is 5.32 Å². The highest BCUT2D eigenvalue weighted by atomic mass is 16.6. The molecule has 2 aromatic carbocycles. The molecule has 22 heavy (non-hydrogen) atoms. The van der Waals surface area contributed by atoms with E-state index in [4.69, 9.17) is 14.2 Å². The van der Waals surface area contributed by atoms with Crippen LogP contribution in [0.15, 0.2) is 54.6 Å². The molecule has 0 aliphatic carbocycles. The summed E-state index contributed by atoms with van der Waals surface area (Å²) in [5, 5.41) is 2.78. The zero-order chi connectivity index (χ0) is 15.2. The molecule has 2 aromatic rings. The Balaban J connectivity index is 1.43. The molecule has 5 nitrogen and oxygen atoms in total. The van der Waals surface area contributed by atoms with Crippen molar-refractivity contribution in [3.63, 3.8) is 0 Å². The highest BCUT2D eigenvalue weighted by Crippen LogP contribution is 2.30. The summed E-state index contributed by atoms with van der Waals surface area (Å²) in [7, 11) is 0. The molecule has 1 atom stereocenters. The maximum atomic E-state index is 12.0. The van der Waals surface area contributed by atoms with Gasteiger partial charge in [-0.1, -0.05) is 30.3 Å². The van der Waals surface area contributed by atoms with E-state index in [1.54, 1.807) is 6.07 Å². The SMILES string of the molecule is O=C(NCCOc1ccccc1)C1COc2ccccc2O1. The van der Waals surface area contributed by atoms with Gasteiger partial charge in [0.05, 0.1) is 6.54 Å². The molecule has 1 heterocycles. The summed E-state index contributed by atoms with van der Waals surface area (Å²) in [6.45, 7) is 1.03. The van der Waals surface area contributed by atoms with Crippen molar-refractivity contribution >= 4 is 5.91 Å². The Bertz CT molecular complexity index is 630. The van der Waals surface area contributed by atoms with Crippen LogP contribution in [0.1, 0.15) is 0 Å². The number of hydrogen-bond donors (Lipinski definition) is 1. The molecule has 0 saturated heterocycles. The summed E-state index contributed by atoms with van der Waals surface area (Å²) >= 11 is 0. The lowest BCUT2D eigenvalue weighted by Gasteiger charge is -2.25. The zero-order valence-electron chi connectivity index (χ0n) is 12.0. The first kappa shape index (κ1) is 14.3. The first-order chi connectivity index (χ1) is 10.8. The molecule has 1 N–H and O–H groups in total. The predicted molar refractivity (Wildman–Crippen MR) is 81.3 cm³/mol. The highest BCUT2D eigenvalue weighted by Gasteiger charge is 2.26. The second-order valence-electron chi connectivity index (χ2n) is 4.82. The lowest BCUT2D eigenvalue weighted by molar-refractivity contribution is -0.130. The van der Waals surface area contributed by atoms with Crippen LogP contribution in [0.25, 0.3) is 0 Å². The number of nitrogens with one attached hydrogen (secondary N) is 1.